The van der Waals surface area contributed by atoms with Gasteiger partial charge in [-0.15, -0.1) is 0 Å². The highest BCUT2D eigenvalue weighted by molar-refractivity contribution is 5.70. The topological polar surface area (TPSA) is 46.5 Å². The maximum Gasteiger partial charge on any atom is 0.308 e. The highest BCUT2D eigenvalue weighted by atomic mass is 16.7. The van der Waals surface area contributed by atoms with Crippen LogP contribution >= 0.6 is 0 Å². The van der Waals surface area contributed by atoms with Crippen LogP contribution in [0.15, 0.2) is 12.2 Å². The molecule has 10 atom stereocenters. The van der Waals surface area contributed by atoms with Gasteiger partial charge in [0.15, 0.2) is 0 Å². The molecular weight excluding hydrogens is 588 g/mol. The van der Waals surface area contributed by atoms with Gasteiger partial charge in [0.1, 0.15) is 0 Å². The number of esters is 1. The zero-order chi connectivity index (χ0) is 34.4. The Morgan fingerprint density at radius 3 is 2.10 bits per heavy atom. The molecule has 0 aromatic rings. The molecule has 5 saturated carbocycles. The third-order valence-electron chi connectivity index (χ3n) is 15.7. The van der Waals surface area contributed by atoms with Crippen molar-refractivity contribution < 1.29 is 14.6 Å². The van der Waals surface area contributed by atoms with E-state index in [-0.39, 0.29) is 16.8 Å². The summed E-state index contributed by atoms with van der Waals surface area (Å²) >= 11 is 0. The fourth-order valence-electron chi connectivity index (χ4n) is 13.1. The summed E-state index contributed by atoms with van der Waals surface area (Å²) in [5.74, 6) is 3.36. The Kier molecular flexibility index (Phi) is 13.3. The highest BCUT2D eigenvalue weighted by Crippen LogP contribution is 2.84. The first kappa shape index (κ1) is 38.4. The number of rotatable bonds is 21. The average molecular weight is 667 g/mol. The number of carbonyl (C=O) groups excluding carboxylic acids is 1. The molecule has 0 radical (unpaired) electrons. The van der Waals surface area contributed by atoms with E-state index in [1.807, 2.05) is 0 Å². The molecule has 0 heterocycles. The standard InChI is InChI=1S/C45H78O3/c1-7-8-9-10-11-12-13-14-15-16-17-18-19-20-21-25-41(46)48-45(47)33-37-39-27-26-38(35(4)24-22-23-34(2)3)42(39,5)30-29-40(37)43(6)31-28-36-32-44(36,43)45/h14-15,34-40,47H,7-13,16-33H2,1-6H3/b15-14+/t35-,36-,37+,38-,39+,40+,42-,43?,44-,45-/m1/s1. The van der Waals surface area contributed by atoms with Gasteiger partial charge in [0.05, 0.1) is 0 Å². The van der Waals surface area contributed by atoms with Gasteiger partial charge in [-0.3, -0.25) is 4.79 Å². The highest BCUT2D eigenvalue weighted by Gasteiger charge is 2.83. The van der Waals surface area contributed by atoms with Crippen molar-refractivity contribution in [3.8, 4) is 0 Å². The monoisotopic (exact) mass is 667 g/mol. The molecule has 0 aromatic heterocycles. The van der Waals surface area contributed by atoms with Crippen molar-refractivity contribution in [2.75, 3.05) is 0 Å². The lowest BCUT2D eigenvalue weighted by molar-refractivity contribution is -0.306. The van der Waals surface area contributed by atoms with Gasteiger partial charge in [-0.05, 0) is 129 Å². The predicted octanol–water partition coefficient (Wildman–Crippen LogP) is 13.0. The van der Waals surface area contributed by atoms with Crippen LogP contribution in [-0.4, -0.2) is 16.9 Å². The van der Waals surface area contributed by atoms with E-state index in [1.54, 1.807) is 0 Å². The number of aliphatic hydroxyl groups is 1. The Hall–Kier alpha value is -0.830. The average Bonchev–Trinajstić information content (AvgIpc) is 3.58. The van der Waals surface area contributed by atoms with E-state index >= 15 is 0 Å². The van der Waals surface area contributed by atoms with Crippen molar-refractivity contribution in [1.82, 2.24) is 0 Å². The van der Waals surface area contributed by atoms with Gasteiger partial charge in [-0.1, -0.05) is 124 Å². The van der Waals surface area contributed by atoms with Crippen molar-refractivity contribution in [2.24, 2.45) is 57.7 Å². The second-order valence-corrected chi connectivity index (χ2v) is 19.0. The lowest BCUT2D eigenvalue weighted by Crippen LogP contribution is -2.63. The summed E-state index contributed by atoms with van der Waals surface area (Å²) in [5.41, 5.74) is 0.297. The first-order chi connectivity index (χ1) is 23.0. The van der Waals surface area contributed by atoms with Gasteiger partial charge in [0.25, 0.3) is 0 Å². The fraction of sp³-hybridized carbons (Fsp3) is 0.933. The van der Waals surface area contributed by atoms with Gasteiger partial charge in [-0.25, -0.2) is 0 Å². The Morgan fingerprint density at radius 2 is 1.44 bits per heavy atom. The summed E-state index contributed by atoms with van der Waals surface area (Å²) in [4.78, 5) is 13.5. The molecule has 5 aliphatic rings. The van der Waals surface area contributed by atoms with E-state index in [9.17, 15) is 9.90 Å². The third kappa shape index (κ3) is 7.82. The maximum atomic E-state index is 13.5. The number of hydrogen-bond acceptors (Lipinski definition) is 3. The first-order valence-electron chi connectivity index (χ1n) is 21.6. The molecule has 3 heteroatoms. The van der Waals surface area contributed by atoms with Gasteiger partial charge in [0.2, 0.25) is 5.79 Å². The Bertz CT molecular complexity index is 1050. The van der Waals surface area contributed by atoms with E-state index in [0.29, 0.717) is 41.9 Å². The van der Waals surface area contributed by atoms with Crippen molar-refractivity contribution >= 4 is 5.97 Å². The van der Waals surface area contributed by atoms with Crippen LogP contribution in [0.2, 0.25) is 0 Å². The van der Waals surface area contributed by atoms with Gasteiger partial charge >= 0.3 is 5.97 Å². The number of unbranched alkanes of at least 4 members (excludes halogenated alkanes) is 11. The number of carbonyl (C=O) groups is 1. The SMILES string of the molecule is CCCCCCCC/C=C/CCCCCCCC(=O)O[C@]1(O)C[C@@H]2[C@H](CC[C@]3(C)[C@@H]([C@H](C)CCCC(C)C)CC[C@@H]23)C2(C)CC[C@@H]3C[C@@]321. The van der Waals surface area contributed by atoms with Crippen LogP contribution in [0.3, 0.4) is 0 Å². The van der Waals surface area contributed by atoms with Gasteiger partial charge < -0.3 is 9.84 Å². The lowest BCUT2D eigenvalue weighted by Gasteiger charge is -2.62. The Balaban J connectivity index is 1.09. The van der Waals surface area contributed by atoms with E-state index in [4.69, 9.17) is 4.74 Å². The van der Waals surface area contributed by atoms with Crippen molar-refractivity contribution in [1.29, 1.82) is 0 Å². The molecule has 5 aliphatic carbocycles. The van der Waals surface area contributed by atoms with Crippen molar-refractivity contribution in [3.63, 3.8) is 0 Å². The molecule has 0 bridgehead atoms. The summed E-state index contributed by atoms with van der Waals surface area (Å²) in [6.45, 7) is 14.7. The largest absolute Gasteiger partial charge is 0.433 e. The minimum Gasteiger partial charge on any atom is -0.433 e. The smallest absolute Gasteiger partial charge is 0.308 e. The molecule has 1 spiro atoms. The van der Waals surface area contributed by atoms with Crippen LogP contribution in [0.4, 0.5) is 0 Å². The molecule has 0 aromatic carbocycles. The quantitative estimate of drug-likeness (QED) is 0.0574. The van der Waals surface area contributed by atoms with Crippen molar-refractivity contribution in [3.05, 3.63) is 12.2 Å². The molecule has 5 fully saturated rings. The fourth-order valence-corrected chi connectivity index (χ4v) is 13.1. The molecule has 5 rings (SSSR count). The first-order valence-corrected chi connectivity index (χ1v) is 21.6. The maximum absolute atomic E-state index is 13.5. The minimum atomic E-state index is -1.26. The molecule has 48 heavy (non-hydrogen) atoms. The molecular formula is C45H78O3. The van der Waals surface area contributed by atoms with Gasteiger partial charge in [0, 0.05) is 18.3 Å². The Labute approximate surface area is 297 Å². The van der Waals surface area contributed by atoms with Crippen LogP contribution < -0.4 is 0 Å². The van der Waals surface area contributed by atoms with Crippen LogP contribution in [0, 0.1) is 57.7 Å². The third-order valence-corrected chi connectivity index (χ3v) is 15.7. The molecule has 1 unspecified atom stereocenters. The van der Waals surface area contributed by atoms with E-state index in [1.165, 1.54) is 128 Å². The molecule has 0 amide bonds. The number of ether oxygens (including phenoxy) is 1. The normalized spacial score (nSPS) is 38.9. The van der Waals surface area contributed by atoms with E-state index in [0.717, 1.165) is 37.0 Å². The molecule has 3 nitrogen and oxygen atoms in total. The number of fused-ring (bicyclic) bond motifs is 4. The lowest BCUT2D eigenvalue weighted by atomic mass is 9.44. The van der Waals surface area contributed by atoms with E-state index in [2.05, 4.69) is 53.7 Å². The van der Waals surface area contributed by atoms with Crippen molar-refractivity contribution in [2.45, 2.75) is 208 Å². The summed E-state index contributed by atoms with van der Waals surface area (Å²) in [5, 5.41) is 12.6. The zero-order valence-electron chi connectivity index (χ0n) is 32.6. The zero-order valence-corrected chi connectivity index (χ0v) is 32.6. The summed E-state index contributed by atoms with van der Waals surface area (Å²) in [7, 11) is 0. The van der Waals surface area contributed by atoms with Crippen LogP contribution in [0.25, 0.3) is 0 Å². The predicted molar refractivity (Wildman–Crippen MR) is 201 cm³/mol. The summed E-state index contributed by atoms with van der Waals surface area (Å²) in [6.07, 6.45) is 35.2. The molecule has 276 valence electrons. The minimum absolute atomic E-state index is 0.112. The molecule has 0 aliphatic heterocycles. The molecule has 1 N–H and O–H groups in total. The van der Waals surface area contributed by atoms with E-state index < -0.39 is 5.79 Å². The number of hydrogen-bond donors (Lipinski definition) is 1. The second kappa shape index (κ2) is 16.7. The van der Waals surface area contributed by atoms with Gasteiger partial charge in [-0.2, -0.15) is 0 Å². The Morgan fingerprint density at radius 1 is 0.771 bits per heavy atom. The van der Waals surface area contributed by atoms with Crippen LogP contribution in [0.1, 0.15) is 202 Å². The van der Waals surface area contributed by atoms with Crippen LogP contribution in [0.5, 0.6) is 0 Å². The number of allylic oxidation sites excluding steroid dienone is 2. The molecule has 0 saturated heterocycles. The summed E-state index contributed by atoms with van der Waals surface area (Å²) in [6, 6.07) is 0. The summed E-state index contributed by atoms with van der Waals surface area (Å²) < 4.78 is 6.41. The second-order valence-electron chi connectivity index (χ2n) is 19.0. The van der Waals surface area contributed by atoms with Crippen LogP contribution in [-0.2, 0) is 9.53 Å².